The number of nitrogens with one attached hydrogen (secondary N) is 1. The standard InChI is InChI=1S/C27H46ClN3O2S/c1-20(2)9-6-10-21(3)11-7-12-22(4)13-8-14-23(5)16-18-34-19-24(26(32)33)30-25-15-17-29-27(28)31-25/h15-17,20-22,24H,6-14,18-19H2,1-5H3,(H,32,33)(H,29,30,31)/b23-16+. The van der Waals surface area contributed by atoms with E-state index in [1.54, 1.807) is 17.8 Å². The van der Waals surface area contributed by atoms with Crippen LogP contribution < -0.4 is 5.32 Å². The van der Waals surface area contributed by atoms with Gasteiger partial charge >= 0.3 is 5.97 Å². The predicted molar refractivity (Wildman–Crippen MR) is 148 cm³/mol. The second kappa shape index (κ2) is 18.1. The highest BCUT2D eigenvalue weighted by Crippen LogP contribution is 2.22. The maximum absolute atomic E-state index is 11.5. The van der Waals surface area contributed by atoms with Gasteiger partial charge in [-0.05, 0) is 55.2 Å². The zero-order chi connectivity index (χ0) is 25.3. The van der Waals surface area contributed by atoms with E-state index in [4.69, 9.17) is 11.6 Å². The van der Waals surface area contributed by atoms with E-state index in [0.29, 0.717) is 11.6 Å². The van der Waals surface area contributed by atoms with Gasteiger partial charge in [0.15, 0.2) is 0 Å². The summed E-state index contributed by atoms with van der Waals surface area (Å²) in [6.45, 7) is 11.6. The van der Waals surface area contributed by atoms with E-state index in [0.717, 1.165) is 29.9 Å². The van der Waals surface area contributed by atoms with Crippen LogP contribution in [0.5, 0.6) is 0 Å². The third-order valence-electron chi connectivity index (χ3n) is 6.22. The number of carbonyl (C=O) groups is 1. The zero-order valence-electron chi connectivity index (χ0n) is 21.9. The van der Waals surface area contributed by atoms with E-state index in [9.17, 15) is 9.90 Å². The molecule has 0 aromatic carbocycles. The van der Waals surface area contributed by atoms with Crippen LogP contribution in [0.2, 0.25) is 5.28 Å². The van der Waals surface area contributed by atoms with Crippen LogP contribution in [0.1, 0.15) is 92.4 Å². The lowest BCUT2D eigenvalue weighted by Gasteiger charge is -2.15. The molecule has 0 aliphatic heterocycles. The molecule has 3 atom stereocenters. The molecule has 7 heteroatoms. The first-order valence-corrected chi connectivity index (χ1v) is 14.4. The smallest absolute Gasteiger partial charge is 0.327 e. The van der Waals surface area contributed by atoms with Crippen molar-refractivity contribution in [3.63, 3.8) is 0 Å². The molecule has 0 spiro atoms. The molecular formula is C27H46ClN3O2S. The molecule has 34 heavy (non-hydrogen) atoms. The van der Waals surface area contributed by atoms with Crippen LogP contribution in [-0.2, 0) is 4.79 Å². The van der Waals surface area contributed by atoms with Gasteiger partial charge in [-0.2, -0.15) is 11.8 Å². The summed E-state index contributed by atoms with van der Waals surface area (Å²) in [4.78, 5) is 19.4. The normalized spacial score (nSPS) is 14.7. The van der Waals surface area contributed by atoms with Crippen LogP contribution in [0.15, 0.2) is 23.9 Å². The third kappa shape index (κ3) is 15.6. The Hall–Kier alpha value is -1.27. The quantitative estimate of drug-likeness (QED) is 0.111. The molecule has 1 rings (SSSR count). The molecule has 0 saturated heterocycles. The van der Waals surface area contributed by atoms with Gasteiger partial charge in [-0.1, -0.05) is 84.3 Å². The molecule has 0 amide bonds. The maximum atomic E-state index is 11.5. The Morgan fingerprint density at radius 2 is 1.71 bits per heavy atom. The molecule has 5 nitrogen and oxygen atoms in total. The van der Waals surface area contributed by atoms with E-state index in [1.807, 2.05) is 0 Å². The molecule has 1 aromatic rings. The highest BCUT2D eigenvalue weighted by Gasteiger charge is 2.17. The third-order valence-corrected chi connectivity index (χ3v) is 7.37. The van der Waals surface area contributed by atoms with Crippen molar-refractivity contribution in [3.8, 4) is 0 Å². The van der Waals surface area contributed by atoms with Crippen molar-refractivity contribution in [1.82, 2.24) is 9.97 Å². The molecule has 0 fully saturated rings. The van der Waals surface area contributed by atoms with Crippen molar-refractivity contribution in [2.75, 3.05) is 16.8 Å². The fraction of sp³-hybridized carbons (Fsp3) is 0.741. The minimum absolute atomic E-state index is 0.0985. The van der Waals surface area contributed by atoms with Crippen molar-refractivity contribution < 1.29 is 9.90 Å². The number of allylic oxidation sites excluding steroid dienone is 1. The molecule has 1 heterocycles. The molecule has 0 aliphatic rings. The minimum Gasteiger partial charge on any atom is -0.480 e. The number of aromatic nitrogens is 2. The topological polar surface area (TPSA) is 75.1 Å². The number of aliphatic carboxylic acids is 1. The molecule has 1 aromatic heterocycles. The molecule has 194 valence electrons. The number of nitrogens with zero attached hydrogens (tertiary/aromatic N) is 2. The van der Waals surface area contributed by atoms with E-state index in [1.165, 1.54) is 63.1 Å². The van der Waals surface area contributed by atoms with Crippen molar-refractivity contribution >= 4 is 35.1 Å². The van der Waals surface area contributed by atoms with E-state index in [-0.39, 0.29) is 5.28 Å². The Balaban J connectivity index is 2.17. The highest BCUT2D eigenvalue weighted by molar-refractivity contribution is 7.99. The fourth-order valence-electron chi connectivity index (χ4n) is 3.97. The summed E-state index contributed by atoms with van der Waals surface area (Å²) in [5, 5.41) is 12.5. The summed E-state index contributed by atoms with van der Waals surface area (Å²) in [6.07, 6.45) is 15.6. The maximum Gasteiger partial charge on any atom is 0.327 e. The Kier molecular flexibility index (Phi) is 16.3. The van der Waals surface area contributed by atoms with Crippen LogP contribution >= 0.6 is 23.4 Å². The van der Waals surface area contributed by atoms with Crippen molar-refractivity contribution in [2.45, 2.75) is 98.4 Å². The van der Waals surface area contributed by atoms with Crippen molar-refractivity contribution in [2.24, 2.45) is 17.8 Å². The van der Waals surface area contributed by atoms with Crippen molar-refractivity contribution in [1.29, 1.82) is 0 Å². The van der Waals surface area contributed by atoms with Gasteiger partial charge in [0, 0.05) is 17.7 Å². The van der Waals surface area contributed by atoms with E-state index >= 15 is 0 Å². The van der Waals surface area contributed by atoms with Crippen LogP contribution in [-0.4, -0.2) is 38.6 Å². The van der Waals surface area contributed by atoms with Gasteiger partial charge in [-0.15, -0.1) is 0 Å². The second-order valence-corrected chi connectivity index (χ2v) is 11.6. The van der Waals surface area contributed by atoms with Crippen LogP contribution in [0.3, 0.4) is 0 Å². The summed E-state index contributed by atoms with van der Waals surface area (Å²) in [5.41, 5.74) is 1.39. The first kappa shape index (κ1) is 30.8. The average molecular weight is 512 g/mol. The van der Waals surface area contributed by atoms with Gasteiger partial charge in [-0.3, -0.25) is 0 Å². The van der Waals surface area contributed by atoms with Gasteiger partial charge in [0.1, 0.15) is 11.9 Å². The van der Waals surface area contributed by atoms with Gasteiger partial charge < -0.3 is 10.4 Å². The molecule has 2 N–H and O–H groups in total. The highest BCUT2D eigenvalue weighted by atomic mass is 35.5. The van der Waals surface area contributed by atoms with Gasteiger partial charge in [0.05, 0.1) is 0 Å². The molecule has 0 radical (unpaired) electrons. The second-order valence-electron chi connectivity index (χ2n) is 10.2. The lowest BCUT2D eigenvalue weighted by Crippen LogP contribution is -2.32. The number of hydrogen-bond acceptors (Lipinski definition) is 5. The lowest BCUT2D eigenvalue weighted by atomic mass is 9.91. The number of rotatable bonds is 19. The average Bonchev–Trinajstić information content (AvgIpc) is 2.75. The largest absolute Gasteiger partial charge is 0.480 e. The molecule has 3 unspecified atom stereocenters. The summed E-state index contributed by atoms with van der Waals surface area (Å²) >= 11 is 7.38. The summed E-state index contributed by atoms with van der Waals surface area (Å²) in [6, 6.07) is 0.898. The zero-order valence-corrected chi connectivity index (χ0v) is 23.4. The Bertz CT molecular complexity index is 730. The predicted octanol–water partition coefficient (Wildman–Crippen LogP) is 8.11. The Morgan fingerprint density at radius 3 is 2.29 bits per heavy atom. The number of carboxylic acid groups (broad SMARTS) is 1. The van der Waals surface area contributed by atoms with E-state index < -0.39 is 12.0 Å². The summed E-state index contributed by atoms with van der Waals surface area (Å²) < 4.78 is 0. The summed E-state index contributed by atoms with van der Waals surface area (Å²) in [7, 11) is 0. The fourth-order valence-corrected chi connectivity index (χ4v) is 5.11. The van der Waals surface area contributed by atoms with Crippen molar-refractivity contribution in [3.05, 3.63) is 29.2 Å². The van der Waals surface area contributed by atoms with Gasteiger partial charge in [0.2, 0.25) is 5.28 Å². The number of carboxylic acids is 1. The minimum atomic E-state index is -0.901. The lowest BCUT2D eigenvalue weighted by molar-refractivity contribution is -0.137. The Morgan fingerprint density at radius 1 is 1.09 bits per heavy atom. The molecule has 0 bridgehead atoms. The molecular weight excluding hydrogens is 466 g/mol. The molecule has 0 saturated carbocycles. The SMILES string of the molecule is C/C(=C\CSCC(Nc1ccnc(Cl)n1)C(=O)O)CCCC(C)CCCC(C)CCCC(C)C. The summed E-state index contributed by atoms with van der Waals surface area (Å²) in [5.74, 6) is 3.28. The number of anilines is 1. The monoisotopic (exact) mass is 511 g/mol. The number of halogens is 1. The first-order valence-electron chi connectivity index (χ1n) is 12.9. The van der Waals surface area contributed by atoms with Gasteiger partial charge in [-0.25, -0.2) is 14.8 Å². The van der Waals surface area contributed by atoms with Crippen LogP contribution in [0, 0.1) is 17.8 Å². The molecule has 0 aliphatic carbocycles. The van der Waals surface area contributed by atoms with Crippen LogP contribution in [0.4, 0.5) is 5.82 Å². The van der Waals surface area contributed by atoms with Crippen LogP contribution in [0.25, 0.3) is 0 Å². The van der Waals surface area contributed by atoms with E-state index in [2.05, 4.69) is 56.0 Å². The number of thioether (sulfide) groups is 1. The van der Waals surface area contributed by atoms with Gasteiger partial charge in [0.25, 0.3) is 0 Å². The number of hydrogen-bond donors (Lipinski definition) is 2. The Labute approximate surface area is 217 Å². The first-order chi connectivity index (χ1) is 16.2.